The lowest BCUT2D eigenvalue weighted by Crippen LogP contribution is -2.40. The maximum atomic E-state index is 12.9. The van der Waals surface area contributed by atoms with Crippen molar-refractivity contribution in [3.63, 3.8) is 0 Å². The molecular weight excluding hydrogens is 368 g/mol. The van der Waals surface area contributed by atoms with Crippen molar-refractivity contribution in [1.82, 2.24) is 14.9 Å². The molecule has 4 heterocycles. The number of carbonyl (C=O) groups is 1. The van der Waals surface area contributed by atoms with E-state index < -0.39 is 0 Å². The van der Waals surface area contributed by atoms with Crippen molar-refractivity contribution >= 4 is 45.4 Å². The van der Waals surface area contributed by atoms with E-state index in [-0.39, 0.29) is 5.91 Å². The third kappa shape index (κ3) is 3.87. The van der Waals surface area contributed by atoms with Crippen LogP contribution in [0.3, 0.4) is 0 Å². The normalized spacial score (nSPS) is 18.4. The van der Waals surface area contributed by atoms with Gasteiger partial charge >= 0.3 is 0 Å². The lowest BCUT2D eigenvalue weighted by molar-refractivity contribution is 0.0306. The molecule has 2 saturated heterocycles. The molecule has 9 nitrogen and oxygen atoms in total. The van der Waals surface area contributed by atoms with Crippen LogP contribution in [-0.2, 0) is 9.47 Å². The number of rotatable bonds is 4. The minimum Gasteiger partial charge on any atom is -0.378 e. The number of nitrogens with zero attached hydrogens (tertiary/aromatic N) is 5. The number of carbonyl (C=O) groups excluding carboxylic acids is 1. The SMILES string of the molecule is C/C=N/Nc1nc(N2CCOCC2)c2sc(C(=O)N3CCOCC3)cc2n1. The summed E-state index contributed by atoms with van der Waals surface area (Å²) in [5, 5.41) is 4.02. The number of ether oxygens (including phenoxy) is 2. The number of nitrogens with one attached hydrogen (secondary N) is 1. The molecule has 10 heteroatoms. The molecule has 144 valence electrons. The number of hydrazone groups is 1. The summed E-state index contributed by atoms with van der Waals surface area (Å²) in [6, 6.07) is 1.85. The number of morpholine rings is 2. The van der Waals surface area contributed by atoms with E-state index in [9.17, 15) is 4.79 Å². The Hall–Kier alpha value is -2.30. The van der Waals surface area contributed by atoms with Crippen molar-refractivity contribution in [1.29, 1.82) is 0 Å². The van der Waals surface area contributed by atoms with Crippen LogP contribution in [0.1, 0.15) is 16.6 Å². The fourth-order valence-corrected chi connectivity index (χ4v) is 4.19. The summed E-state index contributed by atoms with van der Waals surface area (Å²) in [5.41, 5.74) is 3.60. The average molecular weight is 390 g/mol. The molecule has 0 bridgehead atoms. The van der Waals surface area contributed by atoms with Crippen LogP contribution >= 0.6 is 11.3 Å². The zero-order valence-electron chi connectivity index (χ0n) is 15.2. The van der Waals surface area contributed by atoms with Gasteiger partial charge in [-0.05, 0) is 13.0 Å². The average Bonchev–Trinajstić information content (AvgIpc) is 3.16. The minimum absolute atomic E-state index is 0.0234. The van der Waals surface area contributed by atoms with Crippen LogP contribution in [-0.4, -0.2) is 79.6 Å². The number of thiophene rings is 1. The monoisotopic (exact) mass is 390 g/mol. The fraction of sp³-hybridized carbons (Fsp3) is 0.529. The van der Waals surface area contributed by atoms with Gasteiger partial charge in [0.1, 0.15) is 0 Å². The highest BCUT2D eigenvalue weighted by Gasteiger charge is 2.24. The van der Waals surface area contributed by atoms with Gasteiger partial charge in [-0.2, -0.15) is 10.1 Å². The molecule has 0 unspecified atom stereocenters. The molecular formula is C17H22N6O3S. The molecule has 2 aromatic heterocycles. The van der Waals surface area contributed by atoms with Crippen LogP contribution in [0.5, 0.6) is 0 Å². The molecule has 1 amide bonds. The van der Waals surface area contributed by atoms with Gasteiger partial charge in [0.2, 0.25) is 5.95 Å². The maximum Gasteiger partial charge on any atom is 0.264 e. The Balaban J connectivity index is 1.71. The number of aromatic nitrogens is 2. The van der Waals surface area contributed by atoms with Crippen molar-refractivity contribution < 1.29 is 14.3 Å². The van der Waals surface area contributed by atoms with E-state index in [1.54, 1.807) is 6.21 Å². The van der Waals surface area contributed by atoms with Gasteiger partial charge in [-0.15, -0.1) is 11.3 Å². The molecule has 0 aromatic carbocycles. The van der Waals surface area contributed by atoms with Crippen LogP contribution in [0.4, 0.5) is 11.8 Å². The largest absolute Gasteiger partial charge is 0.378 e. The molecule has 1 N–H and O–H groups in total. The number of anilines is 2. The van der Waals surface area contributed by atoms with Gasteiger partial charge in [0, 0.05) is 32.4 Å². The summed E-state index contributed by atoms with van der Waals surface area (Å²) in [5.74, 6) is 1.27. The molecule has 0 atom stereocenters. The number of hydrogen-bond donors (Lipinski definition) is 1. The smallest absolute Gasteiger partial charge is 0.264 e. The first-order valence-corrected chi connectivity index (χ1v) is 9.83. The Morgan fingerprint density at radius 1 is 1.19 bits per heavy atom. The zero-order valence-corrected chi connectivity index (χ0v) is 16.0. The van der Waals surface area contributed by atoms with Crippen LogP contribution in [0.25, 0.3) is 10.2 Å². The van der Waals surface area contributed by atoms with Crippen LogP contribution in [0, 0.1) is 0 Å². The van der Waals surface area contributed by atoms with E-state index >= 15 is 0 Å². The first-order valence-electron chi connectivity index (χ1n) is 9.01. The van der Waals surface area contributed by atoms with Crippen molar-refractivity contribution in [3.8, 4) is 0 Å². The van der Waals surface area contributed by atoms with E-state index in [4.69, 9.17) is 9.47 Å². The molecule has 2 fully saturated rings. The Morgan fingerprint density at radius 3 is 2.59 bits per heavy atom. The van der Waals surface area contributed by atoms with E-state index in [1.165, 1.54) is 11.3 Å². The minimum atomic E-state index is 0.0234. The molecule has 4 rings (SSSR count). The molecule has 2 aromatic rings. The van der Waals surface area contributed by atoms with Crippen molar-refractivity contribution in [3.05, 3.63) is 10.9 Å². The molecule has 27 heavy (non-hydrogen) atoms. The molecule has 0 saturated carbocycles. The lowest BCUT2D eigenvalue weighted by atomic mass is 10.3. The second-order valence-corrected chi connectivity index (χ2v) is 7.25. The third-order valence-electron chi connectivity index (χ3n) is 4.47. The molecule has 0 aliphatic carbocycles. The van der Waals surface area contributed by atoms with Gasteiger partial charge in [0.05, 0.1) is 41.5 Å². The van der Waals surface area contributed by atoms with Crippen molar-refractivity contribution in [2.45, 2.75) is 6.92 Å². The van der Waals surface area contributed by atoms with Gasteiger partial charge in [-0.25, -0.2) is 10.4 Å². The highest BCUT2D eigenvalue weighted by Crippen LogP contribution is 2.34. The summed E-state index contributed by atoms with van der Waals surface area (Å²) >= 11 is 1.45. The lowest BCUT2D eigenvalue weighted by Gasteiger charge is -2.28. The highest BCUT2D eigenvalue weighted by atomic mass is 32.1. The summed E-state index contributed by atoms with van der Waals surface area (Å²) in [7, 11) is 0. The Bertz CT molecular complexity index is 843. The Kier molecular flexibility index (Phi) is 5.46. The second kappa shape index (κ2) is 8.15. The maximum absolute atomic E-state index is 12.9. The quantitative estimate of drug-likeness (QED) is 0.623. The molecule has 0 spiro atoms. The third-order valence-corrected chi connectivity index (χ3v) is 5.58. The van der Waals surface area contributed by atoms with E-state index in [0.29, 0.717) is 50.3 Å². The number of amides is 1. The highest BCUT2D eigenvalue weighted by molar-refractivity contribution is 7.21. The van der Waals surface area contributed by atoms with Crippen molar-refractivity contribution in [2.24, 2.45) is 5.10 Å². The molecule has 0 radical (unpaired) electrons. The Morgan fingerprint density at radius 2 is 1.89 bits per heavy atom. The molecule has 2 aliphatic heterocycles. The van der Waals surface area contributed by atoms with Crippen molar-refractivity contribution in [2.75, 3.05) is 62.9 Å². The van der Waals surface area contributed by atoms with E-state index in [2.05, 4.69) is 25.4 Å². The van der Waals surface area contributed by atoms with E-state index in [1.807, 2.05) is 17.9 Å². The van der Waals surface area contributed by atoms with Crippen LogP contribution < -0.4 is 10.3 Å². The van der Waals surface area contributed by atoms with Gasteiger partial charge in [-0.3, -0.25) is 4.79 Å². The van der Waals surface area contributed by atoms with Crippen LogP contribution in [0.15, 0.2) is 11.2 Å². The zero-order chi connectivity index (χ0) is 18.6. The first-order chi connectivity index (χ1) is 13.3. The summed E-state index contributed by atoms with van der Waals surface area (Å²) in [4.78, 5) is 26.7. The standard InChI is InChI=1S/C17H22N6O3S/c1-2-18-21-17-19-12-11-13(16(24)23-5-9-26-10-6-23)27-14(12)15(20-17)22-3-7-25-8-4-22/h2,11H,3-10H2,1H3,(H,19,20,21)/b18-2+. The first kappa shape index (κ1) is 18.1. The number of hydrogen-bond acceptors (Lipinski definition) is 9. The molecule has 2 aliphatic rings. The number of fused-ring (bicyclic) bond motifs is 1. The van der Waals surface area contributed by atoms with Gasteiger partial charge in [-0.1, -0.05) is 0 Å². The Labute approximate surface area is 161 Å². The topological polar surface area (TPSA) is 92.2 Å². The fourth-order valence-electron chi connectivity index (χ4n) is 3.10. The summed E-state index contributed by atoms with van der Waals surface area (Å²) < 4.78 is 11.7. The summed E-state index contributed by atoms with van der Waals surface area (Å²) in [6.07, 6.45) is 1.64. The summed E-state index contributed by atoms with van der Waals surface area (Å²) in [6.45, 7) is 7.05. The van der Waals surface area contributed by atoms with Gasteiger partial charge in [0.25, 0.3) is 5.91 Å². The predicted molar refractivity (Wildman–Crippen MR) is 105 cm³/mol. The second-order valence-electron chi connectivity index (χ2n) is 6.20. The van der Waals surface area contributed by atoms with Gasteiger partial charge < -0.3 is 19.3 Å². The van der Waals surface area contributed by atoms with Gasteiger partial charge in [0.15, 0.2) is 5.82 Å². The van der Waals surface area contributed by atoms with E-state index in [0.717, 1.165) is 29.1 Å². The predicted octanol–water partition coefficient (Wildman–Crippen LogP) is 1.42. The van der Waals surface area contributed by atoms with Crippen LogP contribution in [0.2, 0.25) is 0 Å².